The molecule has 238 valence electrons. The van der Waals surface area contributed by atoms with E-state index in [0.717, 1.165) is 37.0 Å². The van der Waals surface area contributed by atoms with Crippen molar-refractivity contribution in [2.24, 2.45) is 17.8 Å². The van der Waals surface area contributed by atoms with E-state index in [1.807, 2.05) is 0 Å². The van der Waals surface area contributed by atoms with E-state index in [9.17, 15) is 4.79 Å². The van der Waals surface area contributed by atoms with Gasteiger partial charge in [0.15, 0.2) is 0 Å². The van der Waals surface area contributed by atoms with Crippen LogP contribution in [0.1, 0.15) is 202 Å². The van der Waals surface area contributed by atoms with Gasteiger partial charge in [-0.1, -0.05) is 175 Å². The maximum absolute atomic E-state index is 12.0. The minimum absolute atomic E-state index is 0.0224. The first-order chi connectivity index (χ1) is 19.3. The molecule has 0 aliphatic rings. The fourth-order valence-electron chi connectivity index (χ4n) is 5.80. The smallest absolute Gasteiger partial charge is 0.306 e. The van der Waals surface area contributed by atoms with Crippen molar-refractivity contribution in [3.05, 3.63) is 11.6 Å². The maximum Gasteiger partial charge on any atom is 0.306 e. The predicted molar refractivity (Wildman–Crippen MR) is 179 cm³/mol. The summed E-state index contributed by atoms with van der Waals surface area (Å²) in [5.74, 6) is 2.53. The zero-order chi connectivity index (χ0) is 29.7. The van der Waals surface area contributed by atoms with E-state index in [-0.39, 0.29) is 5.97 Å². The molecule has 2 heteroatoms. The van der Waals surface area contributed by atoms with Gasteiger partial charge in [-0.3, -0.25) is 4.79 Å². The summed E-state index contributed by atoms with van der Waals surface area (Å²) in [6.45, 7) is 14.4. The van der Waals surface area contributed by atoms with Crippen LogP contribution in [-0.2, 0) is 9.53 Å². The van der Waals surface area contributed by atoms with Crippen LogP contribution in [0, 0.1) is 17.8 Å². The minimum Gasteiger partial charge on any atom is -0.461 e. The summed E-state index contributed by atoms with van der Waals surface area (Å²) < 4.78 is 5.46. The van der Waals surface area contributed by atoms with Crippen LogP contribution in [0.15, 0.2) is 11.6 Å². The molecule has 0 rings (SSSR count). The molecule has 40 heavy (non-hydrogen) atoms. The van der Waals surface area contributed by atoms with E-state index in [2.05, 4.69) is 47.6 Å². The van der Waals surface area contributed by atoms with Crippen LogP contribution in [0.2, 0.25) is 0 Å². The van der Waals surface area contributed by atoms with Crippen LogP contribution >= 0.6 is 0 Å². The molecular formula is C38H74O2. The first-order valence-corrected chi connectivity index (χ1v) is 18.2. The van der Waals surface area contributed by atoms with Crippen molar-refractivity contribution < 1.29 is 9.53 Å². The fourth-order valence-corrected chi connectivity index (χ4v) is 5.80. The van der Waals surface area contributed by atoms with E-state index < -0.39 is 0 Å². The van der Waals surface area contributed by atoms with Gasteiger partial charge in [0.05, 0.1) is 0 Å². The summed E-state index contributed by atoms with van der Waals surface area (Å²) in [6.07, 6.45) is 35.0. The van der Waals surface area contributed by atoms with Gasteiger partial charge in [-0.25, -0.2) is 0 Å². The highest BCUT2D eigenvalue weighted by Gasteiger charge is 2.07. The number of allylic oxidation sites excluding steroid dienone is 1. The van der Waals surface area contributed by atoms with Crippen LogP contribution in [0.3, 0.4) is 0 Å². The van der Waals surface area contributed by atoms with Gasteiger partial charge in [0, 0.05) is 6.42 Å². The molecule has 0 aliphatic carbocycles. The average molecular weight is 563 g/mol. The van der Waals surface area contributed by atoms with Crippen molar-refractivity contribution in [2.75, 3.05) is 6.61 Å². The van der Waals surface area contributed by atoms with Gasteiger partial charge >= 0.3 is 5.97 Å². The highest BCUT2D eigenvalue weighted by atomic mass is 16.5. The zero-order valence-corrected chi connectivity index (χ0v) is 28.5. The normalized spacial score (nSPS) is 13.6. The Kier molecular flexibility index (Phi) is 29.1. The average Bonchev–Trinajstić information content (AvgIpc) is 2.90. The molecule has 0 aromatic rings. The van der Waals surface area contributed by atoms with Crippen LogP contribution in [0.25, 0.3) is 0 Å². The van der Waals surface area contributed by atoms with Gasteiger partial charge in [-0.05, 0) is 50.0 Å². The van der Waals surface area contributed by atoms with Crippen molar-refractivity contribution in [3.8, 4) is 0 Å². The fraction of sp³-hybridized carbons (Fsp3) is 0.921. The number of hydrogen-bond donors (Lipinski definition) is 0. The molecule has 0 N–H and O–H groups in total. The highest BCUT2D eigenvalue weighted by Crippen LogP contribution is 2.22. The summed E-state index contributed by atoms with van der Waals surface area (Å²) in [5, 5.41) is 0. The number of unbranched alkanes of at least 4 members (excludes halogenated alkanes) is 14. The summed E-state index contributed by atoms with van der Waals surface area (Å²) in [5.41, 5.74) is 1.37. The molecule has 0 fully saturated rings. The lowest BCUT2D eigenvalue weighted by atomic mass is 9.91. The Hall–Kier alpha value is -0.790. The Morgan fingerprint density at radius 1 is 0.550 bits per heavy atom. The number of ether oxygens (including phenoxy) is 1. The van der Waals surface area contributed by atoms with Crippen molar-refractivity contribution in [3.63, 3.8) is 0 Å². The Morgan fingerprint density at radius 2 is 0.975 bits per heavy atom. The van der Waals surface area contributed by atoms with E-state index in [4.69, 9.17) is 4.74 Å². The molecule has 0 aromatic heterocycles. The quantitative estimate of drug-likeness (QED) is 0.0494. The molecule has 2 nitrogen and oxygen atoms in total. The number of esters is 1. The van der Waals surface area contributed by atoms with Gasteiger partial charge in [0.25, 0.3) is 0 Å². The highest BCUT2D eigenvalue weighted by molar-refractivity contribution is 5.69. The molecule has 0 radical (unpaired) electrons. The van der Waals surface area contributed by atoms with Crippen LogP contribution in [0.5, 0.6) is 0 Å². The summed E-state index contributed by atoms with van der Waals surface area (Å²) in [6, 6.07) is 0. The van der Waals surface area contributed by atoms with Crippen LogP contribution < -0.4 is 0 Å². The second-order valence-corrected chi connectivity index (χ2v) is 13.8. The lowest BCUT2D eigenvalue weighted by Gasteiger charge is -2.15. The van der Waals surface area contributed by atoms with E-state index in [1.165, 1.54) is 140 Å². The number of hydrogen-bond acceptors (Lipinski definition) is 2. The van der Waals surface area contributed by atoms with E-state index in [0.29, 0.717) is 13.0 Å². The second kappa shape index (κ2) is 29.7. The van der Waals surface area contributed by atoms with Crippen molar-refractivity contribution in [2.45, 2.75) is 202 Å². The van der Waals surface area contributed by atoms with Crippen LogP contribution in [-0.4, -0.2) is 12.6 Å². The molecule has 0 saturated carbocycles. The number of carbonyl (C=O) groups excluding carboxylic acids is 1. The third-order valence-electron chi connectivity index (χ3n) is 8.80. The molecule has 0 aromatic carbocycles. The van der Waals surface area contributed by atoms with Gasteiger partial charge in [-0.15, -0.1) is 0 Å². The van der Waals surface area contributed by atoms with Gasteiger partial charge in [-0.2, -0.15) is 0 Å². The first kappa shape index (κ1) is 39.2. The third-order valence-corrected chi connectivity index (χ3v) is 8.80. The van der Waals surface area contributed by atoms with E-state index >= 15 is 0 Å². The molecule has 0 bridgehead atoms. The Balaban J connectivity index is 3.52. The summed E-state index contributed by atoms with van der Waals surface area (Å²) in [4.78, 5) is 12.0. The topological polar surface area (TPSA) is 26.3 Å². The lowest BCUT2D eigenvalue weighted by molar-refractivity contribution is -0.142. The molecule has 2 atom stereocenters. The zero-order valence-electron chi connectivity index (χ0n) is 28.5. The van der Waals surface area contributed by atoms with Gasteiger partial charge in [0.1, 0.15) is 6.61 Å². The molecular weight excluding hydrogens is 488 g/mol. The monoisotopic (exact) mass is 563 g/mol. The predicted octanol–water partition coefficient (Wildman–Crippen LogP) is 13.2. The van der Waals surface area contributed by atoms with Crippen molar-refractivity contribution >= 4 is 5.97 Å². The maximum atomic E-state index is 12.0. The third kappa shape index (κ3) is 30.2. The Morgan fingerprint density at radius 3 is 1.45 bits per heavy atom. The standard InChI is InChI=1S/C38H74O2/c1-7-8-9-10-11-12-13-14-15-16-17-18-19-20-21-31-38(39)40-33-32-37(6)30-24-29-36(5)28-23-27-35(4)26-22-25-34(2)3/h32,34-36H,7-31,33H2,1-6H3. The van der Waals surface area contributed by atoms with Gasteiger partial charge < -0.3 is 4.74 Å². The van der Waals surface area contributed by atoms with E-state index in [1.54, 1.807) is 0 Å². The number of rotatable bonds is 30. The first-order valence-electron chi connectivity index (χ1n) is 18.2. The Labute approximate surface area is 253 Å². The molecule has 0 aliphatic heterocycles. The molecule has 0 saturated heterocycles. The second-order valence-electron chi connectivity index (χ2n) is 13.8. The largest absolute Gasteiger partial charge is 0.461 e. The summed E-state index contributed by atoms with van der Waals surface area (Å²) in [7, 11) is 0. The molecule has 0 heterocycles. The summed E-state index contributed by atoms with van der Waals surface area (Å²) >= 11 is 0. The van der Waals surface area contributed by atoms with Crippen molar-refractivity contribution in [1.82, 2.24) is 0 Å². The number of carbonyl (C=O) groups is 1. The lowest BCUT2D eigenvalue weighted by Crippen LogP contribution is -2.04. The van der Waals surface area contributed by atoms with Gasteiger partial charge in [0.2, 0.25) is 0 Å². The SMILES string of the molecule is CCCCCCCCCCCCCCCCCC(=O)OCC=C(C)CCCC(C)CCCC(C)CCCC(C)C. The molecule has 0 spiro atoms. The molecule has 0 amide bonds. The van der Waals surface area contributed by atoms with Crippen LogP contribution in [0.4, 0.5) is 0 Å². The minimum atomic E-state index is -0.0224. The van der Waals surface area contributed by atoms with Crippen molar-refractivity contribution in [1.29, 1.82) is 0 Å². The Bertz CT molecular complexity index is 564. The molecule has 2 unspecified atom stereocenters.